The summed E-state index contributed by atoms with van der Waals surface area (Å²) < 4.78 is 1.50. The van der Waals surface area contributed by atoms with E-state index in [0.717, 1.165) is 21.0 Å². The van der Waals surface area contributed by atoms with Crippen molar-refractivity contribution in [3.8, 4) is 0 Å². The first-order valence-electron chi connectivity index (χ1n) is 6.46. The van der Waals surface area contributed by atoms with E-state index in [0.29, 0.717) is 5.75 Å². The van der Waals surface area contributed by atoms with Gasteiger partial charge in [-0.1, -0.05) is 18.7 Å². The molecule has 0 aliphatic rings. The first-order valence-corrected chi connectivity index (χ1v) is 8.27. The van der Waals surface area contributed by atoms with Crippen LogP contribution < -0.4 is 5.32 Å². The number of thiazole rings is 1. The lowest BCUT2D eigenvalue weighted by atomic mass is 10.3. The number of aromatic nitrogens is 1. The predicted octanol–water partition coefficient (Wildman–Crippen LogP) is 3.21. The quantitative estimate of drug-likeness (QED) is 0.501. The molecule has 1 aromatic heterocycles. The molecule has 0 saturated heterocycles. The number of nitro benzene ring substituents is 1. The molecule has 0 aliphatic carbocycles. The predicted molar refractivity (Wildman–Crippen MR) is 84.9 cm³/mol. The molecule has 0 radical (unpaired) electrons. The zero-order valence-corrected chi connectivity index (χ0v) is 13.3. The van der Waals surface area contributed by atoms with Crippen LogP contribution in [0.5, 0.6) is 0 Å². The minimum absolute atomic E-state index is 0.0282. The fourth-order valence-electron chi connectivity index (χ4n) is 1.61. The maximum absolute atomic E-state index is 11.7. The van der Waals surface area contributed by atoms with Gasteiger partial charge >= 0.3 is 0 Å². The van der Waals surface area contributed by atoms with E-state index < -0.39 is 4.92 Å². The van der Waals surface area contributed by atoms with Crippen LogP contribution in [0.3, 0.4) is 0 Å². The Labute approximate surface area is 130 Å². The van der Waals surface area contributed by atoms with Crippen molar-refractivity contribution in [1.82, 2.24) is 10.3 Å². The van der Waals surface area contributed by atoms with Crippen molar-refractivity contribution >= 4 is 44.9 Å². The molecule has 0 fully saturated rings. The number of rotatable bonds is 6. The number of carbonyl (C=O) groups excluding carboxylic acids is 1. The summed E-state index contributed by atoms with van der Waals surface area (Å²) in [6, 6.07) is 4.74. The Morgan fingerprint density at radius 3 is 3.00 bits per heavy atom. The standard InChI is InChI=1S/C13H15N3O3S2/c1-3-8(2)14-12(17)7-20-13-15-10-5-4-9(16(18)19)6-11(10)21-13/h4-6,8H,3,7H2,1-2H3,(H,14,17)/t8-/m1/s1. The molecule has 2 aromatic rings. The third-order valence-corrected chi connectivity index (χ3v) is 5.07. The average molecular weight is 325 g/mol. The van der Waals surface area contributed by atoms with E-state index in [4.69, 9.17) is 0 Å². The molecule has 0 spiro atoms. The Hall–Kier alpha value is -1.67. The largest absolute Gasteiger partial charge is 0.353 e. The molecule has 8 heteroatoms. The van der Waals surface area contributed by atoms with Crippen molar-refractivity contribution in [2.24, 2.45) is 0 Å². The fourth-order valence-corrected chi connectivity index (χ4v) is 3.53. The Kier molecular flexibility index (Phi) is 5.13. The van der Waals surface area contributed by atoms with Crippen molar-refractivity contribution in [3.63, 3.8) is 0 Å². The zero-order chi connectivity index (χ0) is 15.4. The van der Waals surface area contributed by atoms with Crippen LogP contribution >= 0.6 is 23.1 Å². The third-order valence-electron chi connectivity index (χ3n) is 2.91. The number of hydrogen-bond donors (Lipinski definition) is 1. The highest BCUT2D eigenvalue weighted by molar-refractivity contribution is 8.01. The lowest BCUT2D eigenvalue weighted by Gasteiger charge is -2.10. The highest BCUT2D eigenvalue weighted by Crippen LogP contribution is 2.31. The molecular formula is C13H15N3O3S2. The van der Waals surface area contributed by atoms with Gasteiger partial charge < -0.3 is 5.32 Å². The molecule has 1 heterocycles. The minimum atomic E-state index is -0.425. The number of fused-ring (bicyclic) bond motifs is 1. The highest BCUT2D eigenvalue weighted by atomic mass is 32.2. The molecule has 2 rings (SSSR count). The molecule has 0 saturated carbocycles. The Balaban J connectivity index is 2.03. The monoisotopic (exact) mass is 325 g/mol. The number of benzene rings is 1. The second kappa shape index (κ2) is 6.86. The van der Waals surface area contributed by atoms with E-state index >= 15 is 0 Å². The van der Waals surface area contributed by atoms with Crippen molar-refractivity contribution < 1.29 is 9.72 Å². The number of non-ortho nitro benzene ring substituents is 1. The van der Waals surface area contributed by atoms with Gasteiger partial charge in [-0.3, -0.25) is 14.9 Å². The van der Waals surface area contributed by atoms with Crippen LogP contribution in [0.2, 0.25) is 0 Å². The van der Waals surface area contributed by atoms with Gasteiger partial charge in [-0.2, -0.15) is 0 Å². The van der Waals surface area contributed by atoms with Crippen LogP contribution in [0.15, 0.2) is 22.5 Å². The maximum Gasteiger partial charge on any atom is 0.270 e. The van der Waals surface area contributed by atoms with Gasteiger partial charge in [0, 0.05) is 18.2 Å². The van der Waals surface area contributed by atoms with Crippen LogP contribution in [-0.2, 0) is 4.79 Å². The highest BCUT2D eigenvalue weighted by Gasteiger charge is 2.12. The van der Waals surface area contributed by atoms with Gasteiger partial charge in [-0.25, -0.2) is 4.98 Å². The Morgan fingerprint density at radius 1 is 1.57 bits per heavy atom. The molecule has 1 N–H and O–H groups in total. The number of amides is 1. The van der Waals surface area contributed by atoms with E-state index in [9.17, 15) is 14.9 Å². The van der Waals surface area contributed by atoms with E-state index in [2.05, 4.69) is 10.3 Å². The number of thioether (sulfide) groups is 1. The number of nitrogens with zero attached hydrogens (tertiary/aromatic N) is 2. The van der Waals surface area contributed by atoms with E-state index in [1.54, 1.807) is 6.07 Å². The van der Waals surface area contributed by atoms with Gasteiger partial charge in [-0.05, 0) is 19.4 Å². The first-order chi connectivity index (χ1) is 9.99. The SMILES string of the molecule is CC[C@@H](C)NC(=O)CSc1nc2ccc([N+](=O)[O-])cc2s1. The van der Waals surface area contributed by atoms with Crippen LogP contribution in [0.25, 0.3) is 10.2 Å². The topological polar surface area (TPSA) is 85.1 Å². The van der Waals surface area contributed by atoms with Crippen molar-refractivity contribution in [3.05, 3.63) is 28.3 Å². The third kappa shape index (κ3) is 4.15. The smallest absolute Gasteiger partial charge is 0.270 e. The Morgan fingerprint density at radius 2 is 2.33 bits per heavy atom. The minimum Gasteiger partial charge on any atom is -0.353 e. The van der Waals surface area contributed by atoms with E-state index in [-0.39, 0.29) is 17.6 Å². The van der Waals surface area contributed by atoms with Crippen LogP contribution in [0.1, 0.15) is 20.3 Å². The number of nitrogens with one attached hydrogen (secondary N) is 1. The summed E-state index contributed by atoms with van der Waals surface area (Å²) in [6.07, 6.45) is 0.890. The summed E-state index contributed by atoms with van der Waals surface area (Å²) >= 11 is 2.71. The van der Waals surface area contributed by atoms with Crippen molar-refractivity contribution in [2.45, 2.75) is 30.6 Å². The van der Waals surface area contributed by atoms with Crippen molar-refractivity contribution in [1.29, 1.82) is 0 Å². The number of nitro groups is 1. The van der Waals surface area contributed by atoms with E-state index in [1.807, 2.05) is 13.8 Å². The molecule has 0 aliphatic heterocycles. The Bertz CT molecular complexity index is 672. The van der Waals surface area contributed by atoms with Gasteiger partial charge in [0.05, 0.1) is 20.9 Å². The molecule has 6 nitrogen and oxygen atoms in total. The number of hydrogen-bond acceptors (Lipinski definition) is 6. The molecular weight excluding hydrogens is 310 g/mol. The molecule has 0 bridgehead atoms. The molecule has 1 aromatic carbocycles. The fraction of sp³-hybridized carbons (Fsp3) is 0.385. The second-order valence-electron chi connectivity index (χ2n) is 4.55. The second-order valence-corrected chi connectivity index (χ2v) is 6.81. The summed E-state index contributed by atoms with van der Waals surface area (Å²) in [5.41, 5.74) is 0.771. The number of carbonyl (C=O) groups is 1. The molecule has 21 heavy (non-hydrogen) atoms. The lowest BCUT2D eigenvalue weighted by molar-refractivity contribution is -0.384. The molecule has 1 atom stereocenters. The molecule has 112 valence electrons. The van der Waals surface area contributed by atoms with Crippen LogP contribution in [0.4, 0.5) is 5.69 Å². The van der Waals surface area contributed by atoms with Gasteiger partial charge in [0.15, 0.2) is 4.34 Å². The zero-order valence-electron chi connectivity index (χ0n) is 11.7. The average Bonchev–Trinajstić information content (AvgIpc) is 2.86. The van der Waals surface area contributed by atoms with E-state index in [1.165, 1.54) is 35.2 Å². The molecule has 0 unspecified atom stereocenters. The summed E-state index contributed by atoms with van der Waals surface area (Å²) in [4.78, 5) is 26.4. The normalized spacial score (nSPS) is 12.3. The maximum atomic E-state index is 11.7. The van der Waals surface area contributed by atoms with Crippen molar-refractivity contribution in [2.75, 3.05) is 5.75 Å². The first kappa shape index (κ1) is 15.7. The summed E-state index contributed by atoms with van der Waals surface area (Å²) in [6.45, 7) is 3.97. The summed E-state index contributed by atoms with van der Waals surface area (Å²) in [5.74, 6) is 0.270. The van der Waals surface area contributed by atoms with Gasteiger partial charge in [0.2, 0.25) is 5.91 Å². The summed E-state index contributed by atoms with van der Waals surface area (Å²) in [5, 5.41) is 13.6. The van der Waals surface area contributed by atoms with Gasteiger partial charge in [0.25, 0.3) is 5.69 Å². The summed E-state index contributed by atoms with van der Waals surface area (Å²) in [7, 11) is 0. The van der Waals surface area contributed by atoms with Crippen LogP contribution in [0, 0.1) is 10.1 Å². The van der Waals surface area contributed by atoms with Crippen LogP contribution in [-0.4, -0.2) is 27.6 Å². The van der Waals surface area contributed by atoms with Gasteiger partial charge in [0.1, 0.15) is 0 Å². The molecule has 1 amide bonds. The van der Waals surface area contributed by atoms with Gasteiger partial charge in [-0.15, -0.1) is 11.3 Å². The lowest BCUT2D eigenvalue weighted by Crippen LogP contribution is -2.33.